The van der Waals surface area contributed by atoms with E-state index >= 15 is 0 Å². The number of aryl methyl sites for hydroxylation is 1. The van der Waals surface area contributed by atoms with E-state index in [1.807, 2.05) is 37.3 Å². The van der Waals surface area contributed by atoms with Gasteiger partial charge in [-0.15, -0.1) is 0 Å². The van der Waals surface area contributed by atoms with Crippen LogP contribution in [0, 0.1) is 6.92 Å². The van der Waals surface area contributed by atoms with Crippen LogP contribution in [0.1, 0.15) is 37.4 Å². The van der Waals surface area contributed by atoms with Crippen LogP contribution in [0.2, 0.25) is 0 Å². The Kier molecular flexibility index (Phi) is 3.10. The quantitative estimate of drug-likeness (QED) is 0.540. The van der Waals surface area contributed by atoms with E-state index in [1.54, 1.807) is 30.3 Å². The van der Waals surface area contributed by atoms with Crippen LogP contribution in [0.15, 0.2) is 60.7 Å². The van der Waals surface area contributed by atoms with Gasteiger partial charge in [0.15, 0.2) is 11.6 Å². The molecule has 0 amide bonds. The first kappa shape index (κ1) is 14.4. The lowest BCUT2D eigenvalue weighted by molar-refractivity contribution is 0.0980. The molecular formula is C21H15NO2. The zero-order valence-corrected chi connectivity index (χ0v) is 13.2. The van der Waals surface area contributed by atoms with Crippen molar-refractivity contribution in [1.29, 1.82) is 0 Å². The lowest BCUT2D eigenvalue weighted by Crippen LogP contribution is -2.22. The average molecular weight is 313 g/mol. The molecule has 0 bridgehead atoms. The molecule has 0 fully saturated rings. The van der Waals surface area contributed by atoms with Crippen molar-refractivity contribution in [1.82, 2.24) is 0 Å². The summed E-state index contributed by atoms with van der Waals surface area (Å²) in [6, 6.07) is 18.3. The van der Waals surface area contributed by atoms with E-state index in [1.165, 1.54) is 0 Å². The highest BCUT2D eigenvalue weighted by Crippen LogP contribution is 2.36. The van der Waals surface area contributed by atoms with Gasteiger partial charge in [0, 0.05) is 22.3 Å². The summed E-state index contributed by atoms with van der Waals surface area (Å²) in [5, 5.41) is 0. The molecule has 0 heterocycles. The van der Waals surface area contributed by atoms with Crippen LogP contribution in [0.3, 0.4) is 0 Å². The molecule has 3 heteroatoms. The van der Waals surface area contributed by atoms with Gasteiger partial charge in [-0.25, -0.2) is 0 Å². The Balaban J connectivity index is 1.95. The van der Waals surface area contributed by atoms with Crippen LogP contribution in [0.4, 0.5) is 5.69 Å². The van der Waals surface area contributed by atoms with Gasteiger partial charge >= 0.3 is 0 Å². The van der Waals surface area contributed by atoms with E-state index in [2.05, 4.69) is 0 Å². The minimum Gasteiger partial charge on any atom is -0.398 e. The summed E-state index contributed by atoms with van der Waals surface area (Å²) in [6.07, 6.45) is 0. The number of carbonyl (C=O) groups excluding carboxylic acids is 2. The van der Waals surface area contributed by atoms with Crippen molar-refractivity contribution in [3.05, 3.63) is 88.5 Å². The number of benzene rings is 3. The molecule has 116 valence electrons. The van der Waals surface area contributed by atoms with Crippen LogP contribution in [0.25, 0.3) is 11.1 Å². The van der Waals surface area contributed by atoms with Gasteiger partial charge in [-0.1, -0.05) is 60.2 Å². The summed E-state index contributed by atoms with van der Waals surface area (Å²) in [6.45, 7) is 2.01. The Bertz CT molecular complexity index is 1000. The highest BCUT2D eigenvalue weighted by molar-refractivity contribution is 6.30. The molecule has 0 atom stereocenters. The van der Waals surface area contributed by atoms with Gasteiger partial charge in [-0.3, -0.25) is 9.59 Å². The van der Waals surface area contributed by atoms with Crippen molar-refractivity contribution >= 4 is 17.3 Å². The normalized spacial score (nSPS) is 12.7. The Hall–Kier alpha value is -3.20. The molecule has 24 heavy (non-hydrogen) atoms. The maximum atomic E-state index is 12.9. The predicted molar refractivity (Wildman–Crippen MR) is 94.3 cm³/mol. The van der Waals surface area contributed by atoms with Crippen molar-refractivity contribution in [2.45, 2.75) is 6.92 Å². The van der Waals surface area contributed by atoms with E-state index < -0.39 is 0 Å². The largest absolute Gasteiger partial charge is 0.398 e. The Morgan fingerprint density at radius 2 is 1.25 bits per heavy atom. The summed E-state index contributed by atoms with van der Waals surface area (Å²) in [4.78, 5) is 25.6. The molecule has 4 rings (SSSR count). The fourth-order valence-corrected chi connectivity index (χ4v) is 3.20. The van der Waals surface area contributed by atoms with Crippen LogP contribution < -0.4 is 5.73 Å². The molecule has 0 aromatic heterocycles. The predicted octanol–water partition coefficient (Wildman–Crippen LogP) is 4.02. The molecule has 0 saturated heterocycles. The summed E-state index contributed by atoms with van der Waals surface area (Å²) < 4.78 is 0. The Morgan fingerprint density at radius 3 is 1.92 bits per heavy atom. The van der Waals surface area contributed by atoms with Gasteiger partial charge in [0.2, 0.25) is 0 Å². The van der Waals surface area contributed by atoms with Gasteiger partial charge in [-0.05, 0) is 18.6 Å². The highest BCUT2D eigenvalue weighted by atomic mass is 16.1. The summed E-state index contributed by atoms with van der Waals surface area (Å²) in [7, 11) is 0. The SMILES string of the molecule is Cc1ccc(-c2ccc3c(c2N)C(=O)c2ccccc2C3=O)cc1. The van der Waals surface area contributed by atoms with E-state index in [0.717, 1.165) is 16.7 Å². The smallest absolute Gasteiger partial charge is 0.196 e. The Labute approximate surface area is 139 Å². The van der Waals surface area contributed by atoms with Gasteiger partial charge in [0.05, 0.1) is 11.3 Å². The van der Waals surface area contributed by atoms with Crippen molar-refractivity contribution in [3.63, 3.8) is 0 Å². The molecular weight excluding hydrogens is 298 g/mol. The standard InChI is InChI=1S/C21H15NO2/c1-12-6-8-13(9-7-12)14-10-11-17-18(19(14)22)21(24)16-5-3-2-4-15(16)20(17)23/h2-11H,22H2,1H3. The van der Waals surface area contributed by atoms with Gasteiger partial charge < -0.3 is 5.73 Å². The summed E-state index contributed by atoms with van der Waals surface area (Å²) in [5.41, 5.74) is 11.1. The van der Waals surface area contributed by atoms with Crippen LogP contribution in [0.5, 0.6) is 0 Å². The molecule has 0 unspecified atom stereocenters. The minimum absolute atomic E-state index is 0.151. The molecule has 0 aliphatic heterocycles. The van der Waals surface area contributed by atoms with Crippen LogP contribution in [-0.4, -0.2) is 11.6 Å². The van der Waals surface area contributed by atoms with E-state index in [9.17, 15) is 9.59 Å². The topological polar surface area (TPSA) is 60.2 Å². The van der Waals surface area contributed by atoms with Crippen molar-refractivity contribution in [2.75, 3.05) is 5.73 Å². The molecule has 1 aliphatic carbocycles. The fourth-order valence-electron chi connectivity index (χ4n) is 3.20. The second kappa shape index (κ2) is 5.17. The average Bonchev–Trinajstić information content (AvgIpc) is 2.60. The maximum Gasteiger partial charge on any atom is 0.196 e. The molecule has 3 nitrogen and oxygen atoms in total. The lowest BCUT2D eigenvalue weighted by Gasteiger charge is -2.20. The summed E-state index contributed by atoms with van der Waals surface area (Å²) in [5.74, 6) is -0.339. The van der Waals surface area contributed by atoms with Crippen molar-refractivity contribution < 1.29 is 9.59 Å². The zero-order valence-electron chi connectivity index (χ0n) is 13.2. The Morgan fingerprint density at radius 1 is 0.667 bits per heavy atom. The minimum atomic E-state index is -0.188. The van der Waals surface area contributed by atoms with E-state index in [0.29, 0.717) is 27.9 Å². The van der Waals surface area contributed by atoms with Crippen LogP contribution >= 0.6 is 0 Å². The number of fused-ring (bicyclic) bond motifs is 2. The monoisotopic (exact) mass is 313 g/mol. The molecule has 0 saturated carbocycles. The number of hydrogen-bond acceptors (Lipinski definition) is 3. The van der Waals surface area contributed by atoms with Gasteiger partial charge in [0.1, 0.15) is 0 Å². The third kappa shape index (κ3) is 1.98. The third-order valence-corrected chi connectivity index (χ3v) is 4.50. The number of carbonyl (C=O) groups is 2. The first-order chi connectivity index (χ1) is 11.6. The zero-order chi connectivity index (χ0) is 16.8. The molecule has 0 spiro atoms. The number of ketones is 2. The summed E-state index contributed by atoms with van der Waals surface area (Å²) >= 11 is 0. The number of nitrogen functional groups attached to an aromatic ring is 1. The fraction of sp³-hybridized carbons (Fsp3) is 0.0476. The van der Waals surface area contributed by atoms with Crippen molar-refractivity contribution in [2.24, 2.45) is 0 Å². The highest BCUT2D eigenvalue weighted by Gasteiger charge is 2.31. The number of rotatable bonds is 1. The number of anilines is 1. The number of nitrogens with two attached hydrogens (primary N) is 1. The molecule has 1 aliphatic rings. The first-order valence-electron chi connectivity index (χ1n) is 7.76. The second-order valence-electron chi connectivity index (χ2n) is 6.02. The molecule has 3 aromatic rings. The first-order valence-corrected chi connectivity index (χ1v) is 7.76. The van der Waals surface area contributed by atoms with Gasteiger partial charge in [-0.2, -0.15) is 0 Å². The molecule has 3 aromatic carbocycles. The van der Waals surface area contributed by atoms with E-state index in [-0.39, 0.29) is 11.6 Å². The molecule has 2 N–H and O–H groups in total. The number of hydrogen-bond donors (Lipinski definition) is 1. The second-order valence-corrected chi connectivity index (χ2v) is 6.02. The van der Waals surface area contributed by atoms with E-state index in [4.69, 9.17) is 5.73 Å². The van der Waals surface area contributed by atoms with Gasteiger partial charge in [0.25, 0.3) is 0 Å². The molecule has 0 radical (unpaired) electrons. The maximum absolute atomic E-state index is 12.9. The van der Waals surface area contributed by atoms with Crippen LogP contribution in [-0.2, 0) is 0 Å². The third-order valence-electron chi connectivity index (χ3n) is 4.50. The van der Waals surface area contributed by atoms with Crippen molar-refractivity contribution in [3.8, 4) is 11.1 Å². The lowest BCUT2D eigenvalue weighted by atomic mass is 9.81.